The highest BCUT2D eigenvalue weighted by Gasteiger charge is 2.23. The van der Waals surface area contributed by atoms with E-state index in [1.165, 1.54) is 0 Å². The standard InChI is InChI=1S/C10H19N3O/c1-7(2)10(14-4)9(11)8-5-12-13(3)6-8/h5-7,9-10H,11H2,1-4H3. The molecular weight excluding hydrogens is 178 g/mol. The van der Waals surface area contributed by atoms with Crippen LogP contribution in [0.5, 0.6) is 0 Å². The zero-order valence-corrected chi connectivity index (χ0v) is 9.27. The van der Waals surface area contributed by atoms with Crippen LogP contribution in [0.3, 0.4) is 0 Å². The summed E-state index contributed by atoms with van der Waals surface area (Å²) in [6, 6.07) is -0.103. The third-order valence-electron chi connectivity index (χ3n) is 2.39. The molecule has 0 bridgehead atoms. The molecule has 0 amide bonds. The van der Waals surface area contributed by atoms with Crippen molar-refractivity contribution in [1.82, 2.24) is 9.78 Å². The van der Waals surface area contributed by atoms with Crippen LogP contribution in [0.25, 0.3) is 0 Å². The normalized spacial score (nSPS) is 15.9. The second-order valence-electron chi connectivity index (χ2n) is 3.92. The predicted molar refractivity (Wildman–Crippen MR) is 55.8 cm³/mol. The minimum absolute atomic E-state index is 0.0409. The molecule has 2 N–H and O–H groups in total. The number of rotatable bonds is 4. The van der Waals surface area contributed by atoms with E-state index < -0.39 is 0 Å². The molecule has 1 aromatic rings. The third kappa shape index (κ3) is 2.33. The molecule has 0 saturated heterocycles. The average Bonchev–Trinajstić information content (AvgIpc) is 2.52. The Kier molecular flexibility index (Phi) is 3.66. The lowest BCUT2D eigenvalue weighted by Crippen LogP contribution is -2.32. The summed E-state index contributed by atoms with van der Waals surface area (Å²) in [5, 5.41) is 4.09. The highest BCUT2D eigenvalue weighted by Crippen LogP contribution is 2.21. The summed E-state index contributed by atoms with van der Waals surface area (Å²) >= 11 is 0. The zero-order valence-electron chi connectivity index (χ0n) is 9.27. The molecule has 2 unspecified atom stereocenters. The van der Waals surface area contributed by atoms with Crippen LogP contribution in [0, 0.1) is 5.92 Å². The lowest BCUT2D eigenvalue weighted by Gasteiger charge is -2.24. The van der Waals surface area contributed by atoms with Gasteiger partial charge in [-0.1, -0.05) is 13.8 Å². The Morgan fingerprint density at radius 1 is 1.50 bits per heavy atom. The van der Waals surface area contributed by atoms with Gasteiger partial charge in [0.05, 0.1) is 18.3 Å². The second-order valence-corrected chi connectivity index (χ2v) is 3.92. The number of aryl methyl sites for hydroxylation is 1. The SMILES string of the molecule is COC(C(C)C)C(N)c1cnn(C)c1. The Morgan fingerprint density at radius 2 is 2.14 bits per heavy atom. The van der Waals surface area contributed by atoms with Crippen molar-refractivity contribution in [3.63, 3.8) is 0 Å². The van der Waals surface area contributed by atoms with Crippen LogP contribution in [-0.2, 0) is 11.8 Å². The van der Waals surface area contributed by atoms with E-state index in [0.29, 0.717) is 5.92 Å². The number of hydrogen-bond donors (Lipinski definition) is 1. The van der Waals surface area contributed by atoms with Crippen LogP contribution < -0.4 is 5.73 Å². The van der Waals surface area contributed by atoms with Gasteiger partial charge in [-0.3, -0.25) is 4.68 Å². The van der Waals surface area contributed by atoms with Crippen LogP contribution in [0.4, 0.5) is 0 Å². The summed E-state index contributed by atoms with van der Waals surface area (Å²) in [7, 11) is 3.58. The highest BCUT2D eigenvalue weighted by atomic mass is 16.5. The number of methoxy groups -OCH3 is 1. The maximum atomic E-state index is 6.09. The molecular formula is C10H19N3O. The summed E-state index contributed by atoms with van der Waals surface area (Å²) in [5.74, 6) is 0.398. The van der Waals surface area contributed by atoms with Gasteiger partial charge in [0.25, 0.3) is 0 Å². The van der Waals surface area contributed by atoms with Crippen molar-refractivity contribution in [3.05, 3.63) is 18.0 Å². The number of hydrogen-bond acceptors (Lipinski definition) is 3. The maximum absolute atomic E-state index is 6.09. The Morgan fingerprint density at radius 3 is 2.50 bits per heavy atom. The molecule has 4 nitrogen and oxygen atoms in total. The minimum atomic E-state index is -0.103. The lowest BCUT2D eigenvalue weighted by molar-refractivity contribution is 0.0437. The van der Waals surface area contributed by atoms with E-state index in [2.05, 4.69) is 18.9 Å². The largest absolute Gasteiger partial charge is 0.379 e. The number of ether oxygens (including phenoxy) is 1. The first-order chi connectivity index (χ1) is 6.56. The van der Waals surface area contributed by atoms with Gasteiger partial charge < -0.3 is 10.5 Å². The van der Waals surface area contributed by atoms with Gasteiger partial charge in [0.15, 0.2) is 0 Å². The molecule has 0 aliphatic heterocycles. The summed E-state index contributed by atoms with van der Waals surface area (Å²) in [4.78, 5) is 0. The number of nitrogens with zero attached hydrogens (tertiary/aromatic N) is 2. The molecule has 0 aliphatic rings. The van der Waals surface area contributed by atoms with E-state index in [9.17, 15) is 0 Å². The van der Waals surface area contributed by atoms with Gasteiger partial charge in [0.2, 0.25) is 0 Å². The fourth-order valence-corrected chi connectivity index (χ4v) is 1.64. The molecule has 1 heterocycles. The zero-order chi connectivity index (χ0) is 10.7. The average molecular weight is 197 g/mol. The summed E-state index contributed by atoms with van der Waals surface area (Å²) in [6.45, 7) is 4.20. The van der Waals surface area contributed by atoms with E-state index in [1.54, 1.807) is 18.0 Å². The number of nitrogens with two attached hydrogens (primary N) is 1. The highest BCUT2D eigenvalue weighted by molar-refractivity contribution is 5.11. The molecule has 1 aromatic heterocycles. The molecule has 0 fully saturated rings. The van der Waals surface area contributed by atoms with Gasteiger partial charge in [-0.25, -0.2) is 0 Å². The molecule has 0 radical (unpaired) electrons. The minimum Gasteiger partial charge on any atom is -0.379 e. The Bertz CT molecular complexity index is 283. The monoisotopic (exact) mass is 197 g/mol. The van der Waals surface area contributed by atoms with Crippen molar-refractivity contribution >= 4 is 0 Å². The first-order valence-corrected chi connectivity index (χ1v) is 4.83. The molecule has 80 valence electrons. The van der Waals surface area contributed by atoms with Crippen molar-refractivity contribution in [2.75, 3.05) is 7.11 Å². The molecule has 2 atom stereocenters. The summed E-state index contributed by atoms with van der Waals surface area (Å²) in [5.41, 5.74) is 7.11. The van der Waals surface area contributed by atoms with Crippen molar-refractivity contribution in [3.8, 4) is 0 Å². The molecule has 0 aromatic carbocycles. The van der Waals surface area contributed by atoms with Gasteiger partial charge in [-0.2, -0.15) is 5.10 Å². The van der Waals surface area contributed by atoms with E-state index in [0.717, 1.165) is 5.56 Å². The van der Waals surface area contributed by atoms with E-state index in [4.69, 9.17) is 10.5 Å². The Balaban J connectivity index is 2.77. The molecule has 14 heavy (non-hydrogen) atoms. The van der Waals surface area contributed by atoms with Gasteiger partial charge in [-0.05, 0) is 5.92 Å². The molecule has 0 saturated carbocycles. The molecule has 4 heteroatoms. The van der Waals surface area contributed by atoms with Crippen LogP contribution >= 0.6 is 0 Å². The molecule has 0 spiro atoms. The summed E-state index contributed by atoms with van der Waals surface area (Å²) in [6.07, 6.45) is 3.76. The smallest absolute Gasteiger partial charge is 0.0787 e. The van der Waals surface area contributed by atoms with E-state index >= 15 is 0 Å². The fourth-order valence-electron chi connectivity index (χ4n) is 1.64. The van der Waals surface area contributed by atoms with Gasteiger partial charge in [-0.15, -0.1) is 0 Å². The molecule has 1 rings (SSSR count). The Hall–Kier alpha value is -0.870. The quantitative estimate of drug-likeness (QED) is 0.786. The Labute approximate surface area is 85.0 Å². The van der Waals surface area contributed by atoms with Gasteiger partial charge in [0.1, 0.15) is 0 Å². The lowest BCUT2D eigenvalue weighted by atomic mass is 9.96. The maximum Gasteiger partial charge on any atom is 0.0787 e. The van der Waals surface area contributed by atoms with Crippen LogP contribution in [-0.4, -0.2) is 23.0 Å². The predicted octanol–water partition coefficient (Wildman–Crippen LogP) is 1.09. The first kappa shape index (κ1) is 11.2. The van der Waals surface area contributed by atoms with E-state index in [-0.39, 0.29) is 12.1 Å². The van der Waals surface area contributed by atoms with Crippen LogP contribution in [0.1, 0.15) is 25.5 Å². The van der Waals surface area contributed by atoms with Crippen molar-refractivity contribution < 1.29 is 4.74 Å². The third-order valence-corrected chi connectivity index (χ3v) is 2.39. The topological polar surface area (TPSA) is 53.1 Å². The molecule has 0 aliphatic carbocycles. The van der Waals surface area contributed by atoms with Gasteiger partial charge in [0, 0.05) is 25.9 Å². The van der Waals surface area contributed by atoms with E-state index in [1.807, 2.05) is 13.2 Å². The first-order valence-electron chi connectivity index (χ1n) is 4.83. The van der Waals surface area contributed by atoms with Gasteiger partial charge >= 0.3 is 0 Å². The van der Waals surface area contributed by atoms with Crippen molar-refractivity contribution in [2.24, 2.45) is 18.7 Å². The van der Waals surface area contributed by atoms with Crippen LogP contribution in [0.2, 0.25) is 0 Å². The summed E-state index contributed by atoms with van der Waals surface area (Å²) < 4.78 is 7.13. The second kappa shape index (κ2) is 4.57. The van der Waals surface area contributed by atoms with Crippen molar-refractivity contribution in [2.45, 2.75) is 26.0 Å². The van der Waals surface area contributed by atoms with Crippen LogP contribution in [0.15, 0.2) is 12.4 Å². The van der Waals surface area contributed by atoms with Crippen molar-refractivity contribution in [1.29, 1.82) is 0 Å². The fraction of sp³-hybridized carbons (Fsp3) is 0.700. The number of aromatic nitrogens is 2.